The summed E-state index contributed by atoms with van der Waals surface area (Å²) in [6.45, 7) is 3.84. The monoisotopic (exact) mass is 474 g/mol. The number of aromatic nitrogens is 3. The number of carbonyl (C=O) groups is 1. The minimum absolute atomic E-state index is 0.109. The first-order valence-corrected chi connectivity index (χ1v) is 12.0. The lowest BCUT2D eigenvalue weighted by Crippen LogP contribution is -2.46. The smallest absolute Gasteiger partial charge is 0.274 e. The van der Waals surface area contributed by atoms with Gasteiger partial charge in [-0.1, -0.05) is 6.92 Å². The third kappa shape index (κ3) is 4.57. The molecule has 2 atom stereocenters. The van der Waals surface area contributed by atoms with Crippen LogP contribution in [0.4, 0.5) is 11.4 Å². The fourth-order valence-corrected chi connectivity index (χ4v) is 5.37. The number of nitrogens with zero attached hydrogens (tertiary/aromatic N) is 4. The van der Waals surface area contributed by atoms with Crippen LogP contribution in [0.25, 0.3) is 20.7 Å². The van der Waals surface area contributed by atoms with Gasteiger partial charge in [-0.25, -0.2) is 9.97 Å². The molecule has 1 saturated heterocycles. The maximum Gasteiger partial charge on any atom is 0.274 e. The molecule has 5 rings (SSSR count). The van der Waals surface area contributed by atoms with Crippen LogP contribution in [0.3, 0.4) is 0 Å². The van der Waals surface area contributed by atoms with Crippen LogP contribution in [0.2, 0.25) is 0 Å². The Labute approximate surface area is 201 Å². The number of nitrogens with two attached hydrogens (primary N) is 1. The molecule has 0 saturated carbocycles. The summed E-state index contributed by atoms with van der Waals surface area (Å²) in [5.74, 6) is 0.778. The third-order valence-electron chi connectivity index (χ3n) is 5.92. The molecule has 3 N–H and O–H groups in total. The van der Waals surface area contributed by atoms with E-state index in [0.29, 0.717) is 23.2 Å². The zero-order valence-corrected chi connectivity index (χ0v) is 19.9. The summed E-state index contributed by atoms with van der Waals surface area (Å²) in [5.41, 5.74) is 9.92. The van der Waals surface area contributed by atoms with E-state index in [2.05, 4.69) is 32.1 Å². The highest BCUT2D eigenvalue weighted by molar-refractivity contribution is 7.22. The Kier molecular flexibility index (Phi) is 6.12. The van der Waals surface area contributed by atoms with Crippen LogP contribution in [0, 0.1) is 5.92 Å². The molecule has 1 amide bonds. The molecule has 174 valence electrons. The van der Waals surface area contributed by atoms with Crippen molar-refractivity contribution in [2.75, 3.05) is 30.4 Å². The zero-order chi connectivity index (χ0) is 23.7. The van der Waals surface area contributed by atoms with Crippen molar-refractivity contribution in [3.63, 3.8) is 0 Å². The molecule has 0 aliphatic carbocycles. The Morgan fingerprint density at radius 1 is 1.21 bits per heavy atom. The van der Waals surface area contributed by atoms with Crippen molar-refractivity contribution >= 4 is 38.8 Å². The van der Waals surface area contributed by atoms with Gasteiger partial charge in [-0.3, -0.25) is 9.78 Å². The van der Waals surface area contributed by atoms with Gasteiger partial charge in [0.25, 0.3) is 5.91 Å². The molecule has 2 unspecified atom stereocenters. The second-order valence-electron chi connectivity index (χ2n) is 8.63. The summed E-state index contributed by atoms with van der Waals surface area (Å²) < 4.78 is 6.13. The zero-order valence-electron chi connectivity index (χ0n) is 19.1. The van der Waals surface area contributed by atoms with Crippen molar-refractivity contribution in [1.29, 1.82) is 0 Å². The quantitative estimate of drug-likeness (QED) is 0.447. The fraction of sp³-hybridized carbons (Fsp3) is 0.280. The summed E-state index contributed by atoms with van der Waals surface area (Å²) in [4.78, 5) is 29.5. The number of carbonyl (C=O) groups excluding carboxylic acids is 1. The topological polar surface area (TPSA) is 106 Å². The Hall–Kier alpha value is -3.56. The van der Waals surface area contributed by atoms with Crippen LogP contribution in [0.1, 0.15) is 23.8 Å². The first-order valence-electron chi connectivity index (χ1n) is 11.2. The molecule has 1 aliphatic heterocycles. The minimum Gasteiger partial charge on any atom is -0.481 e. The molecule has 4 aromatic rings. The van der Waals surface area contributed by atoms with Gasteiger partial charge in [-0.2, -0.15) is 0 Å². The van der Waals surface area contributed by atoms with Crippen molar-refractivity contribution in [3.05, 3.63) is 60.7 Å². The minimum atomic E-state index is -0.274. The normalized spacial score (nSPS) is 18.1. The second-order valence-corrected chi connectivity index (χ2v) is 9.72. The summed E-state index contributed by atoms with van der Waals surface area (Å²) >= 11 is 1.61. The van der Waals surface area contributed by atoms with Crippen LogP contribution in [-0.4, -0.2) is 47.1 Å². The number of hydrogen-bond donors (Lipinski definition) is 2. The first kappa shape index (κ1) is 22.2. The van der Waals surface area contributed by atoms with Gasteiger partial charge in [0.05, 0.1) is 34.9 Å². The predicted octanol–water partition coefficient (Wildman–Crippen LogP) is 4.19. The van der Waals surface area contributed by atoms with E-state index in [9.17, 15) is 4.79 Å². The molecule has 0 radical (unpaired) electrons. The summed E-state index contributed by atoms with van der Waals surface area (Å²) in [6, 6.07) is 11.5. The van der Waals surface area contributed by atoms with E-state index in [1.165, 1.54) is 0 Å². The van der Waals surface area contributed by atoms with E-state index in [0.717, 1.165) is 45.9 Å². The summed E-state index contributed by atoms with van der Waals surface area (Å²) in [7, 11) is 1.59. The number of methoxy groups -OCH3 is 1. The first-order chi connectivity index (χ1) is 16.5. The fourth-order valence-electron chi connectivity index (χ4n) is 4.38. The third-order valence-corrected chi connectivity index (χ3v) is 7.05. The average molecular weight is 475 g/mol. The lowest BCUT2D eigenvalue weighted by molar-refractivity contribution is 0.102. The van der Waals surface area contributed by atoms with E-state index in [1.807, 2.05) is 30.3 Å². The molecule has 0 bridgehead atoms. The van der Waals surface area contributed by atoms with E-state index in [4.69, 9.17) is 10.5 Å². The molecule has 1 aliphatic rings. The molecular formula is C25H26N6O2S. The van der Waals surface area contributed by atoms with Gasteiger partial charge < -0.3 is 20.7 Å². The van der Waals surface area contributed by atoms with Gasteiger partial charge in [0.1, 0.15) is 5.69 Å². The van der Waals surface area contributed by atoms with Gasteiger partial charge in [0.2, 0.25) is 5.88 Å². The number of ether oxygens (including phenoxy) is 1. The van der Waals surface area contributed by atoms with Crippen LogP contribution >= 0.6 is 11.3 Å². The average Bonchev–Trinajstić information content (AvgIpc) is 3.27. The molecule has 34 heavy (non-hydrogen) atoms. The van der Waals surface area contributed by atoms with Crippen LogP contribution in [0.15, 0.2) is 55.0 Å². The van der Waals surface area contributed by atoms with Gasteiger partial charge in [-0.05, 0) is 42.7 Å². The number of rotatable bonds is 5. The van der Waals surface area contributed by atoms with E-state index >= 15 is 0 Å². The van der Waals surface area contributed by atoms with E-state index in [-0.39, 0.29) is 11.9 Å². The molecule has 0 aromatic carbocycles. The summed E-state index contributed by atoms with van der Waals surface area (Å²) in [6.07, 6.45) is 6.19. The highest BCUT2D eigenvalue weighted by Gasteiger charge is 2.24. The highest BCUT2D eigenvalue weighted by Crippen LogP contribution is 2.33. The Morgan fingerprint density at radius 2 is 2.09 bits per heavy atom. The standard InChI is InChI=1S/C25H26N6O2S/c1-15-9-17(26)14-31(13-15)21-7-8-27-12-20(21)30-25(32)18-4-5-22-19(29-18)10-23(34-22)16-3-6-24(33-2)28-11-16/h3-8,10-12,15,17H,9,13-14,26H2,1-2H3,(H,30,32). The molecule has 4 aromatic heterocycles. The Bertz CT molecular complexity index is 1310. The van der Waals surface area contributed by atoms with Gasteiger partial charge >= 0.3 is 0 Å². The number of anilines is 2. The number of nitrogens with one attached hydrogen (secondary N) is 1. The lowest BCUT2D eigenvalue weighted by atomic mass is 9.96. The molecule has 8 nitrogen and oxygen atoms in total. The number of fused-ring (bicyclic) bond motifs is 1. The Balaban J connectivity index is 1.38. The van der Waals surface area contributed by atoms with Crippen molar-refractivity contribution in [1.82, 2.24) is 15.0 Å². The van der Waals surface area contributed by atoms with Crippen molar-refractivity contribution < 1.29 is 9.53 Å². The maximum atomic E-state index is 13.1. The van der Waals surface area contributed by atoms with E-state index in [1.54, 1.807) is 43.1 Å². The van der Waals surface area contributed by atoms with Crippen LogP contribution < -0.4 is 20.7 Å². The lowest BCUT2D eigenvalue weighted by Gasteiger charge is -2.37. The maximum absolute atomic E-state index is 13.1. The van der Waals surface area contributed by atoms with Crippen molar-refractivity contribution in [2.24, 2.45) is 11.7 Å². The van der Waals surface area contributed by atoms with Gasteiger partial charge in [0, 0.05) is 48.0 Å². The number of amides is 1. The molecule has 5 heterocycles. The number of hydrogen-bond acceptors (Lipinski definition) is 8. The van der Waals surface area contributed by atoms with Gasteiger partial charge in [-0.15, -0.1) is 11.3 Å². The Morgan fingerprint density at radius 3 is 2.85 bits per heavy atom. The summed E-state index contributed by atoms with van der Waals surface area (Å²) in [5, 5.41) is 3.00. The van der Waals surface area contributed by atoms with Crippen molar-refractivity contribution in [2.45, 2.75) is 19.4 Å². The number of pyridine rings is 3. The molecular weight excluding hydrogens is 448 g/mol. The molecule has 1 fully saturated rings. The van der Waals surface area contributed by atoms with Crippen LogP contribution in [-0.2, 0) is 0 Å². The number of thiophene rings is 1. The second kappa shape index (κ2) is 9.36. The largest absolute Gasteiger partial charge is 0.481 e. The molecule has 9 heteroatoms. The van der Waals surface area contributed by atoms with Crippen LogP contribution in [0.5, 0.6) is 5.88 Å². The van der Waals surface area contributed by atoms with E-state index < -0.39 is 0 Å². The van der Waals surface area contributed by atoms with Crippen molar-refractivity contribution in [3.8, 4) is 16.3 Å². The highest BCUT2D eigenvalue weighted by atomic mass is 32.1. The SMILES string of the molecule is COc1ccc(-c2cc3nc(C(=O)Nc4cnccc4N4CC(C)CC(N)C4)ccc3s2)cn1. The van der Waals surface area contributed by atoms with Gasteiger partial charge in [0.15, 0.2) is 0 Å². The predicted molar refractivity (Wildman–Crippen MR) is 136 cm³/mol. The molecule has 0 spiro atoms. The number of piperidine rings is 1.